The lowest BCUT2D eigenvalue weighted by Crippen LogP contribution is -2.36. The molecule has 1 aromatic heterocycles. The first kappa shape index (κ1) is 25.8. The molecule has 0 unspecified atom stereocenters. The fourth-order valence-corrected chi connectivity index (χ4v) is 3.96. The van der Waals surface area contributed by atoms with Crippen molar-refractivity contribution in [2.75, 3.05) is 20.3 Å². The van der Waals surface area contributed by atoms with Crippen molar-refractivity contribution in [2.24, 2.45) is 0 Å². The van der Waals surface area contributed by atoms with Crippen LogP contribution < -0.4 is 24.8 Å². The first-order valence-electron chi connectivity index (χ1n) is 11.4. The van der Waals surface area contributed by atoms with Crippen LogP contribution in [-0.2, 0) is 4.79 Å². The van der Waals surface area contributed by atoms with E-state index in [2.05, 4.69) is 10.6 Å². The number of benzene rings is 2. The highest BCUT2D eigenvalue weighted by Crippen LogP contribution is 2.31. The average Bonchev–Trinajstić information content (AvgIpc) is 3.38. The Morgan fingerprint density at radius 3 is 2.34 bits per heavy atom. The number of hydrogen-bond acceptors (Lipinski definition) is 6. The number of hydrogen-bond donors (Lipinski definition) is 2. The maximum atomic E-state index is 13.2. The van der Waals surface area contributed by atoms with Crippen LogP contribution in [0.5, 0.6) is 17.2 Å². The van der Waals surface area contributed by atoms with Crippen molar-refractivity contribution in [2.45, 2.75) is 26.8 Å². The minimum atomic E-state index is -0.403. The van der Waals surface area contributed by atoms with E-state index < -0.39 is 11.8 Å². The third-order valence-corrected chi connectivity index (χ3v) is 5.91. The lowest BCUT2D eigenvalue weighted by Gasteiger charge is -2.19. The molecule has 3 aromatic rings. The molecule has 0 bridgehead atoms. The molecule has 1 heterocycles. The van der Waals surface area contributed by atoms with Gasteiger partial charge in [-0.15, -0.1) is 11.3 Å². The van der Waals surface area contributed by atoms with Gasteiger partial charge in [0.1, 0.15) is 11.4 Å². The third kappa shape index (κ3) is 7.10. The van der Waals surface area contributed by atoms with Crippen molar-refractivity contribution in [1.82, 2.24) is 10.6 Å². The van der Waals surface area contributed by atoms with Gasteiger partial charge in [0.2, 0.25) is 0 Å². The Morgan fingerprint density at radius 1 is 1.00 bits per heavy atom. The second-order valence-corrected chi connectivity index (χ2v) is 8.50. The van der Waals surface area contributed by atoms with Crippen LogP contribution in [-0.4, -0.2) is 32.1 Å². The Hall–Kier alpha value is -3.78. The van der Waals surface area contributed by atoms with Crippen molar-refractivity contribution in [3.8, 4) is 17.2 Å². The van der Waals surface area contributed by atoms with Gasteiger partial charge in [-0.2, -0.15) is 0 Å². The van der Waals surface area contributed by atoms with Gasteiger partial charge in [0.05, 0.1) is 26.4 Å². The van der Waals surface area contributed by atoms with E-state index in [0.29, 0.717) is 36.0 Å². The summed E-state index contributed by atoms with van der Waals surface area (Å²) in [5.41, 5.74) is 1.41. The standard InChI is InChI=1S/C27H30N2O5S/c1-5-33-24-14-11-20(16-25(24)34-6-2)18(3)28-27(31)23(17-22-8-7-15-35-22)29-26(30)19-9-12-21(32-4)13-10-19/h7-18H,5-6H2,1-4H3,(H,28,31)(H,29,30)/b23-17-/t18-/m1/s1. The third-order valence-electron chi connectivity index (χ3n) is 5.09. The number of carbonyl (C=O) groups excluding carboxylic acids is 2. The van der Waals surface area contributed by atoms with Crippen molar-refractivity contribution in [3.63, 3.8) is 0 Å². The summed E-state index contributed by atoms with van der Waals surface area (Å²) in [6.45, 7) is 6.71. The molecule has 184 valence electrons. The largest absolute Gasteiger partial charge is 0.497 e. The fraction of sp³-hybridized carbons (Fsp3) is 0.259. The fourth-order valence-electron chi connectivity index (χ4n) is 3.31. The Kier molecular flexibility index (Phi) is 9.31. The smallest absolute Gasteiger partial charge is 0.268 e. The number of carbonyl (C=O) groups is 2. The summed E-state index contributed by atoms with van der Waals surface area (Å²) >= 11 is 1.47. The van der Waals surface area contributed by atoms with E-state index >= 15 is 0 Å². The van der Waals surface area contributed by atoms with Crippen LogP contribution in [0.3, 0.4) is 0 Å². The summed E-state index contributed by atoms with van der Waals surface area (Å²) in [5, 5.41) is 7.63. The van der Waals surface area contributed by atoms with Gasteiger partial charge >= 0.3 is 0 Å². The van der Waals surface area contributed by atoms with E-state index in [1.807, 2.05) is 56.5 Å². The summed E-state index contributed by atoms with van der Waals surface area (Å²) in [7, 11) is 1.56. The van der Waals surface area contributed by atoms with Gasteiger partial charge in [0.25, 0.3) is 11.8 Å². The zero-order valence-corrected chi connectivity index (χ0v) is 21.1. The van der Waals surface area contributed by atoms with Crippen molar-refractivity contribution in [1.29, 1.82) is 0 Å². The molecule has 3 rings (SSSR count). The first-order valence-corrected chi connectivity index (χ1v) is 12.2. The second kappa shape index (κ2) is 12.6. The quantitative estimate of drug-likeness (QED) is 0.358. The molecule has 0 aliphatic carbocycles. The van der Waals surface area contributed by atoms with Gasteiger partial charge in [0, 0.05) is 10.4 Å². The predicted octanol–water partition coefficient (Wildman–Crippen LogP) is 5.20. The molecular weight excluding hydrogens is 464 g/mol. The maximum Gasteiger partial charge on any atom is 0.268 e. The first-order chi connectivity index (χ1) is 16.9. The highest BCUT2D eigenvalue weighted by Gasteiger charge is 2.19. The number of nitrogens with one attached hydrogen (secondary N) is 2. The molecule has 0 radical (unpaired) electrons. The molecule has 8 heteroatoms. The molecule has 0 fully saturated rings. The lowest BCUT2D eigenvalue weighted by atomic mass is 10.1. The minimum absolute atomic E-state index is 0.149. The molecular formula is C27H30N2O5S. The molecule has 35 heavy (non-hydrogen) atoms. The molecule has 0 spiro atoms. The topological polar surface area (TPSA) is 85.9 Å². The van der Waals surface area contributed by atoms with Gasteiger partial charge in [-0.05, 0) is 80.3 Å². The van der Waals surface area contributed by atoms with Gasteiger partial charge in [-0.25, -0.2) is 0 Å². The molecule has 2 amide bonds. The van der Waals surface area contributed by atoms with Crippen molar-refractivity contribution >= 4 is 29.2 Å². The van der Waals surface area contributed by atoms with Crippen molar-refractivity contribution < 1.29 is 23.8 Å². The summed E-state index contributed by atoms with van der Waals surface area (Å²) in [4.78, 5) is 26.9. The molecule has 0 aliphatic heterocycles. The number of amides is 2. The summed E-state index contributed by atoms with van der Waals surface area (Å²) < 4.78 is 16.5. The summed E-state index contributed by atoms with van der Waals surface area (Å²) in [5.74, 6) is 1.12. The van der Waals surface area contributed by atoms with Crippen LogP contribution in [0.1, 0.15) is 47.6 Å². The number of rotatable bonds is 11. The van der Waals surface area contributed by atoms with Crippen molar-refractivity contribution in [3.05, 3.63) is 81.7 Å². The van der Waals surface area contributed by atoms with E-state index in [-0.39, 0.29) is 11.7 Å². The van der Waals surface area contributed by atoms with Gasteiger partial charge in [-0.3, -0.25) is 9.59 Å². The molecule has 0 aliphatic rings. The highest BCUT2D eigenvalue weighted by atomic mass is 32.1. The summed E-state index contributed by atoms with van der Waals surface area (Å²) in [6.07, 6.45) is 1.66. The summed E-state index contributed by atoms with van der Waals surface area (Å²) in [6, 6.07) is 15.7. The van der Waals surface area contributed by atoms with Gasteiger partial charge < -0.3 is 24.8 Å². The molecule has 7 nitrogen and oxygen atoms in total. The molecule has 2 aromatic carbocycles. The molecule has 1 atom stereocenters. The average molecular weight is 495 g/mol. The highest BCUT2D eigenvalue weighted by molar-refractivity contribution is 7.10. The molecule has 2 N–H and O–H groups in total. The Morgan fingerprint density at radius 2 is 1.71 bits per heavy atom. The van der Waals surface area contributed by atoms with E-state index in [9.17, 15) is 9.59 Å². The minimum Gasteiger partial charge on any atom is -0.497 e. The van der Waals surface area contributed by atoms with Crippen LogP contribution in [0.25, 0.3) is 6.08 Å². The van der Waals surface area contributed by atoms with Crippen LogP contribution >= 0.6 is 11.3 Å². The van der Waals surface area contributed by atoms with E-state index in [1.54, 1.807) is 37.5 Å². The van der Waals surface area contributed by atoms with E-state index in [0.717, 1.165) is 10.4 Å². The predicted molar refractivity (Wildman–Crippen MR) is 138 cm³/mol. The zero-order chi connectivity index (χ0) is 25.2. The van der Waals surface area contributed by atoms with Crippen LogP contribution in [0.2, 0.25) is 0 Å². The van der Waals surface area contributed by atoms with Gasteiger partial charge in [0.15, 0.2) is 11.5 Å². The van der Waals surface area contributed by atoms with Crippen LogP contribution in [0, 0.1) is 0 Å². The van der Waals surface area contributed by atoms with Crippen LogP contribution in [0.4, 0.5) is 0 Å². The van der Waals surface area contributed by atoms with E-state index in [4.69, 9.17) is 14.2 Å². The zero-order valence-electron chi connectivity index (χ0n) is 20.3. The normalized spacial score (nSPS) is 11.9. The Bertz CT molecular complexity index is 1160. The Balaban J connectivity index is 1.80. The number of ether oxygens (including phenoxy) is 3. The SMILES string of the molecule is CCOc1ccc([C@@H](C)NC(=O)/C(=C/c2cccs2)NC(=O)c2ccc(OC)cc2)cc1OCC. The van der Waals surface area contributed by atoms with E-state index in [1.165, 1.54) is 11.3 Å². The number of methoxy groups -OCH3 is 1. The Labute approximate surface area is 209 Å². The second-order valence-electron chi connectivity index (χ2n) is 7.52. The number of thiophene rings is 1. The van der Waals surface area contributed by atoms with Crippen LogP contribution in [0.15, 0.2) is 65.7 Å². The maximum absolute atomic E-state index is 13.2. The lowest BCUT2D eigenvalue weighted by molar-refractivity contribution is -0.118. The van der Waals surface area contributed by atoms with Gasteiger partial charge in [-0.1, -0.05) is 12.1 Å². The molecule has 0 saturated heterocycles. The molecule has 0 saturated carbocycles. The monoisotopic (exact) mass is 494 g/mol.